The molecule has 2 N–H and O–H groups in total. The van der Waals surface area contributed by atoms with Crippen molar-refractivity contribution in [2.45, 2.75) is 38.0 Å². The number of nitrogens with one attached hydrogen (secondary N) is 1. The third-order valence-corrected chi connectivity index (χ3v) is 4.33. The molecule has 0 radical (unpaired) electrons. The molecule has 0 aliphatic heterocycles. The van der Waals surface area contributed by atoms with Gasteiger partial charge in [-0.05, 0) is 56.7 Å². The number of hydrogen-bond acceptors (Lipinski definition) is 7. The normalized spacial score (nSPS) is 14.4. The summed E-state index contributed by atoms with van der Waals surface area (Å²) >= 11 is 0. The number of benzene rings is 2. The van der Waals surface area contributed by atoms with Crippen LogP contribution in [0, 0.1) is 0 Å². The minimum absolute atomic E-state index is 0.526. The van der Waals surface area contributed by atoms with Crippen LogP contribution in [0.25, 0.3) is 6.08 Å². The van der Waals surface area contributed by atoms with Crippen molar-refractivity contribution in [3.05, 3.63) is 66.2 Å². The van der Waals surface area contributed by atoms with Crippen LogP contribution in [0.3, 0.4) is 0 Å². The summed E-state index contributed by atoms with van der Waals surface area (Å²) in [6.45, 7) is 5.11. The van der Waals surface area contributed by atoms with Gasteiger partial charge in [-0.1, -0.05) is 36.4 Å². The molecule has 0 fully saturated rings. The Kier molecular flexibility index (Phi) is 7.83. The Balaban J connectivity index is 2.47. The van der Waals surface area contributed by atoms with E-state index in [9.17, 15) is 14.7 Å². The average Bonchev–Trinajstić information content (AvgIpc) is 2.75. The van der Waals surface area contributed by atoms with Gasteiger partial charge < -0.3 is 24.6 Å². The number of aliphatic hydroxyl groups is 1. The van der Waals surface area contributed by atoms with E-state index in [0.29, 0.717) is 17.0 Å². The summed E-state index contributed by atoms with van der Waals surface area (Å²) in [7, 11) is 2.70. The summed E-state index contributed by atoms with van der Waals surface area (Å²) in [5.41, 5.74) is -1.96. The van der Waals surface area contributed by atoms with Gasteiger partial charge in [-0.15, -0.1) is 0 Å². The number of rotatable bonds is 8. The molecule has 0 aliphatic rings. The number of para-hydroxylation sites is 1. The number of anilines is 1. The van der Waals surface area contributed by atoms with Gasteiger partial charge in [0.2, 0.25) is 5.60 Å². The zero-order valence-corrected chi connectivity index (χ0v) is 18.4. The molecule has 2 aromatic carbocycles. The molecule has 2 aromatic rings. The third kappa shape index (κ3) is 6.58. The second-order valence-corrected chi connectivity index (χ2v) is 7.90. The van der Waals surface area contributed by atoms with E-state index >= 15 is 0 Å². The Morgan fingerprint density at radius 3 is 2.13 bits per heavy atom. The van der Waals surface area contributed by atoms with E-state index in [0.717, 1.165) is 7.11 Å². The van der Waals surface area contributed by atoms with Crippen molar-refractivity contribution < 1.29 is 28.9 Å². The second-order valence-electron chi connectivity index (χ2n) is 7.90. The van der Waals surface area contributed by atoms with E-state index in [1.165, 1.54) is 12.2 Å². The molecular weight excluding hydrogens is 398 g/mol. The fourth-order valence-electron chi connectivity index (χ4n) is 2.79. The van der Waals surface area contributed by atoms with Crippen molar-refractivity contribution in [2.75, 3.05) is 19.5 Å². The van der Waals surface area contributed by atoms with E-state index in [1.54, 1.807) is 76.4 Å². The minimum Gasteiger partial charge on any atom is -0.497 e. The molecule has 0 saturated carbocycles. The molecule has 2 atom stereocenters. The van der Waals surface area contributed by atoms with Crippen molar-refractivity contribution in [3.8, 4) is 5.75 Å². The zero-order valence-electron chi connectivity index (χ0n) is 18.4. The molecule has 7 heteroatoms. The maximum atomic E-state index is 13.0. The fourth-order valence-corrected chi connectivity index (χ4v) is 2.79. The second kappa shape index (κ2) is 10.1. The van der Waals surface area contributed by atoms with Crippen LogP contribution in [-0.4, -0.2) is 48.5 Å². The standard InChI is InChI=1S/C24H29NO6/c1-23(2,3)31-21(26)20(25-18-9-7-6-8-10-18)24(28,22(27)30-5)16-15-17-11-13-19(29-4)14-12-17/h6-16,20,25,28H,1-5H3/b16-15+/t20-,24-/m1/s1. The highest BCUT2D eigenvalue weighted by molar-refractivity contribution is 5.94. The van der Waals surface area contributed by atoms with Crippen molar-refractivity contribution in [1.82, 2.24) is 0 Å². The maximum absolute atomic E-state index is 13.0. The number of esters is 2. The molecule has 0 aromatic heterocycles. The van der Waals surface area contributed by atoms with Crippen LogP contribution in [-0.2, 0) is 19.1 Å². The maximum Gasteiger partial charge on any atom is 0.344 e. The summed E-state index contributed by atoms with van der Waals surface area (Å²) in [4.78, 5) is 25.7. The van der Waals surface area contributed by atoms with Gasteiger partial charge in [-0.25, -0.2) is 9.59 Å². The highest BCUT2D eigenvalue weighted by Crippen LogP contribution is 2.25. The van der Waals surface area contributed by atoms with Crippen LogP contribution < -0.4 is 10.1 Å². The van der Waals surface area contributed by atoms with Gasteiger partial charge in [0.15, 0.2) is 6.04 Å². The first-order valence-electron chi connectivity index (χ1n) is 9.77. The number of ether oxygens (including phenoxy) is 3. The van der Waals surface area contributed by atoms with Crippen LogP contribution >= 0.6 is 0 Å². The van der Waals surface area contributed by atoms with Gasteiger partial charge >= 0.3 is 11.9 Å². The molecule has 31 heavy (non-hydrogen) atoms. The van der Waals surface area contributed by atoms with Gasteiger partial charge in [0.25, 0.3) is 0 Å². The summed E-state index contributed by atoms with van der Waals surface area (Å²) in [6, 6.07) is 14.3. The Hall–Kier alpha value is -3.32. The van der Waals surface area contributed by atoms with Gasteiger partial charge in [0.05, 0.1) is 14.2 Å². The van der Waals surface area contributed by atoms with E-state index < -0.39 is 29.2 Å². The highest BCUT2D eigenvalue weighted by atomic mass is 16.6. The van der Waals surface area contributed by atoms with Gasteiger partial charge in [0.1, 0.15) is 11.4 Å². The molecule has 0 aliphatic carbocycles. The van der Waals surface area contributed by atoms with Crippen LogP contribution in [0.15, 0.2) is 60.7 Å². The molecule has 2 rings (SSSR count). The Bertz CT molecular complexity index is 902. The summed E-state index contributed by atoms with van der Waals surface area (Å²) in [5.74, 6) is -1.14. The van der Waals surface area contributed by atoms with E-state index in [1.807, 2.05) is 6.07 Å². The first-order chi connectivity index (χ1) is 14.6. The predicted octanol–water partition coefficient (Wildman–Crippen LogP) is 3.43. The quantitative estimate of drug-likeness (QED) is 0.623. The third-order valence-electron chi connectivity index (χ3n) is 4.33. The topological polar surface area (TPSA) is 94.1 Å². The molecule has 0 heterocycles. The van der Waals surface area contributed by atoms with E-state index in [-0.39, 0.29) is 0 Å². The number of hydrogen-bond donors (Lipinski definition) is 2. The van der Waals surface area contributed by atoms with Crippen molar-refractivity contribution in [1.29, 1.82) is 0 Å². The van der Waals surface area contributed by atoms with Crippen molar-refractivity contribution in [3.63, 3.8) is 0 Å². The highest BCUT2D eigenvalue weighted by Gasteiger charge is 2.49. The van der Waals surface area contributed by atoms with Gasteiger partial charge in [0, 0.05) is 5.69 Å². The monoisotopic (exact) mass is 427 g/mol. The first-order valence-corrected chi connectivity index (χ1v) is 9.77. The minimum atomic E-state index is -2.34. The predicted molar refractivity (Wildman–Crippen MR) is 119 cm³/mol. The Labute approximate surface area is 182 Å². The van der Waals surface area contributed by atoms with E-state index in [2.05, 4.69) is 5.32 Å². The SMILES string of the molecule is COC(=O)[C@@](O)(/C=C/c1ccc(OC)cc1)[C@H](Nc1ccccc1)C(=O)OC(C)(C)C. The summed E-state index contributed by atoms with van der Waals surface area (Å²) < 4.78 is 15.4. The molecule has 0 amide bonds. The molecule has 0 unspecified atom stereocenters. The van der Waals surface area contributed by atoms with Crippen molar-refractivity contribution in [2.24, 2.45) is 0 Å². The molecule has 0 bridgehead atoms. The molecule has 166 valence electrons. The average molecular weight is 427 g/mol. The van der Waals surface area contributed by atoms with Crippen LogP contribution in [0.5, 0.6) is 5.75 Å². The summed E-state index contributed by atoms with van der Waals surface area (Å²) in [5, 5.41) is 14.3. The summed E-state index contributed by atoms with van der Waals surface area (Å²) in [6.07, 6.45) is 2.76. The van der Waals surface area contributed by atoms with Gasteiger partial charge in [-0.2, -0.15) is 0 Å². The van der Waals surface area contributed by atoms with Crippen LogP contribution in [0.4, 0.5) is 5.69 Å². The molecule has 0 spiro atoms. The number of carbonyl (C=O) groups excluding carboxylic acids is 2. The smallest absolute Gasteiger partial charge is 0.344 e. The fraction of sp³-hybridized carbons (Fsp3) is 0.333. The molecular formula is C24H29NO6. The lowest BCUT2D eigenvalue weighted by molar-refractivity contribution is -0.171. The molecule has 0 saturated heterocycles. The Morgan fingerprint density at radius 2 is 1.61 bits per heavy atom. The molecule has 7 nitrogen and oxygen atoms in total. The number of methoxy groups -OCH3 is 2. The lowest BCUT2D eigenvalue weighted by atomic mass is 9.91. The van der Waals surface area contributed by atoms with Gasteiger partial charge in [-0.3, -0.25) is 0 Å². The largest absolute Gasteiger partial charge is 0.497 e. The lowest BCUT2D eigenvalue weighted by Gasteiger charge is -2.33. The first kappa shape index (κ1) is 24.0. The van der Waals surface area contributed by atoms with Crippen molar-refractivity contribution >= 4 is 23.7 Å². The lowest BCUT2D eigenvalue weighted by Crippen LogP contribution is -2.57. The Morgan fingerprint density at radius 1 is 1.00 bits per heavy atom. The van der Waals surface area contributed by atoms with Crippen LogP contribution in [0.1, 0.15) is 26.3 Å². The van der Waals surface area contributed by atoms with E-state index in [4.69, 9.17) is 14.2 Å². The van der Waals surface area contributed by atoms with Crippen LogP contribution in [0.2, 0.25) is 0 Å². The zero-order chi connectivity index (χ0) is 23.1. The number of carbonyl (C=O) groups is 2.